The van der Waals surface area contributed by atoms with Crippen LogP contribution in [0.2, 0.25) is 0 Å². The Morgan fingerprint density at radius 2 is 2.10 bits per heavy atom. The van der Waals surface area contributed by atoms with E-state index in [0.29, 0.717) is 30.3 Å². The second-order valence-electron chi connectivity index (χ2n) is 5.02. The van der Waals surface area contributed by atoms with Gasteiger partial charge in [0.15, 0.2) is 0 Å². The molecule has 2 N–H and O–H groups in total. The highest BCUT2D eigenvalue weighted by Crippen LogP contribution is 2.22. The van der Waals surface area contributed by atoms with E-state index in [2.05, 4.69) is 10.6 Å². The van der Waals surface area contributed by atoms with Gasteiger partial charge in [-0.3, -0.25) is 14.9 Å². The minimum absolute atomic E-state index is 0.0817. The van der Waals surface area contributed by atoms with Crippen LogP contribution in [-0.2, 0) is 0 Å². The molecule has 1 aromatic carbocycles. The summed E-state index contributed by atoms with van der Waals surface area (Å²) in [5.41, 5.74) is 0.855. The smallest absolute Gasteiger partial charge is 0.270 e. The number of non-ortho nitro benzene ring substituents is 1. The van der Waals surface area contributed by atoms with E-state index in [0.717, 1.165) is 6.42 Å². The molecule has 0 aliphatic carbocycles. The molecule has 6 nitrogen and oxygen atoms in total. The van der Waals surface area contributed by atoms with Gasteiger partial charge in [-0.2, -0.15) is 0 Å². The lowest BCUT2D eigenvalue weighted by Crippen LogP contribution is -2.28. The monoisotopic (exact) mass is 279 g/mol. The first-order valence-electron chi connectivity index (χ1n) is 6.76. The molecule has 1 amide bonds. The van der Waals surface area contributed by atoms with Gasteiger partial charge in [0, 0.05) is 30.9 Å². The Balaban J connectivity index is 3.00. The Hall–Kier alpha value is -2.11. The summed E-state index contributed by atoms with van der Waals surface area (Å²) in [4.78, 5) is 22.5. The Kier molecular flexibility index (Phi) is 5.96. The fourth-order valence-electron chi connectivity index (χ4n) is 1.64. The van der Waals surface area contributed by atoms with Crippen LogP contribution in [0.5, 0.6) is 0 Å². The second kappa shape index (κ2) is 7.47. The van der Waals surface area contributed by atoms with Gasteiger partial charge in [0.25, 0.3) is 11.6 Å². The van der Waals surface area contributed by atoms with Gasteiger partial charge < -0.3 is 10.6 Å². The highest BCUT2D eigenvalue weighted by molar-refractivity contribution is 6.00. The molecular formula is C14H21N3O3. The standard InChI is InChI=1S/C14H21N3O3/c1-4-7-15-13-6-5-11(17(19)20)8-12(13)14(18)16-9-10(2)3/h5-6,8,10,15H,4,7,9H2,1-3H3,(H,16,18). The molecule has 0 aliphatic rings. The molecule has 0 atom stereocenters. The fraction of sp³-hybridized carbons (Fsp3) is 0.500. The van der Waals surface area contributed by atoms with Gasteiger partial charge in [-0.1, -0.05) is 20.8 Å². The van der Waals surface area contributed by atoms with E-state index < -0.39 is 4.92 Å². The first kappa shape index (κ1) is 15.9. The van der Waals surface area contributed by atoms with Crippen LogP contribution in [0.3, 0.4) is 0 Å². The Morgan fingerprint density at radius 1 is 1.40 bits per heavy atom. The minimum atomic E-state index is -0.497. The van der Waals surface area contributed by atoms with Crippen LogP contribution in [0.1, 0.15) is 37.6 Å². The van der Waals surface area contributed by atoms with Crippen LogP contribution in [-0.4, -0.2) is 23.9 Å². The summed E-state index contributed by atoms with van der Waals surface area (Å²) < 4.78 is 0. The summed E-state index contributed by atoms with van der Waals surface area (Å²) in [5, 5.41) is 16.7. The molecule has 0 unspecified atom stereocenters. The number of nitrogens with zero attached hydrogens (tertiary/aromatic N) is 1. The average molecular weight is 279 g/mol. The first-order chi connectivity index (χ1) is 9.45. The lowest BCUT2D eigenvalue weighted by molar-refractivity contribution is -0.384. The van der Waals surface area contributed by atoms with Crippen LogP contribution < -0.4 is 10.6 Å². The lowest BCUT2D eigenvalue weighted by atomic mass is 10.1. The number of rotatable bonds is 7. The Labute approximate surface area is 118 Å². The van der Waals surface area contributed by atoms with Crippen molar-refractivity contribution in [2.45, 2.75) is 27.2 Å². The number of nitro benzene ring substituents is 1. The quantitative estimate of drug-likeness (QED) is 0.593. The highest BCUT2D eigenvalue weighted by Gasteiger charge is 2.16. The molecule has 0 heterocycles. The molecule has 20 heavy (non-hydrogen) atoms. The summed E-state index contributed by atoms with van der Waals surface area (Å²) >= 11 is 0. The van der Waals surface area contributed by atoms with Crippen LogP contribution in [0.4, 0.5) is 11.4 Å². The molecule has 0 saturated carbocycles. The number of carbonyl (C=O) groups is 1. The largest absolute Gasteiger partial charge is 0.384 e. The predicted octanol–water partition coefficient (Wildman–Crippen LogP) is 2.80. The molecule has 1 rings (SSSR count). The number of amides is 1. The predicted molar refractivity (Wildman–Crippen MR) is 79.0 cm³/mol. The molecule has 6 heteroatoms. The van der Waals surface area contributed by atoms with E-state index in [4.69, 9.17) is 0 Å². The van der Waals surface area contributed by atoms with Gasteiger partial charge in [-0.25, -0.2) is 0 Å². The number of hydrogen-bond acceptors (Lipinski definition) is 4. The van der Waals surface area contributed by atoms with Crippen LogP contribution >= 0.6 is 0 Å². The maximum Gasteiger partial charge on any atom is 0.270 e. The third-order valence-corrected chi connectivity index (χ3v) is 2.69. The van der Waals surface area contributed by atoms with Crippen molar-refractivity contribution in [1.29, 1.82) is 0 Å². The van der Waals surface area contributed by atoms with Crippen molar-refractivity contribution in [2.24, 2.45) is 5.92 Å². The summed E-state index contributed by atoms with van der Waals surface area (Å²) in [6.45, 7) is 7.24. The van der Waals surface area contributed by atoms with E-state index in [1.165, 1.54) is 12.1 Å². The van der Waals surface area contributed by atoms with Crippen molar-refractivity contribution in [3.05, 3.63) is 33.9 Å². The molecule has 0 radical (unpaired) electrons. The number of anilines is 1. The molecule has 0 fully saturated rings. The average Bonchev–Trinajstić information content (AvgIpc) is 2.42. The number of benzene rings is 1. The third-order valence-electron chi connectivity index (χ3n) is 2.69. The summed E-state index contributed by atoms with van der Waals surface area (Å²) in [6.07, 6.45) is 0.907. The van der Waals surface area contributed by atoms with Gasteiger partial charge in [-0.05, 0) is 18.4 Å². The zero-order chi connectivity index (χ0) is 15.1. The van der Waals surface area contributed by atoms with Crippen molar-refractivity contribution < 1.29 is 9.72 Å². The maximum atomic E-state index is 12.1. The fourth-order valence-corrected chi connectivity index (χ4v) is 1.64. The van der Waals surface area contributed by atoms with Gasteiger partial charge in [0.1, 0.15) is 0 Å². The molecular weight excluding hydrogens is 258 g/mol. The molecule has 110 valence electrons. The molecule has 0 aliphatic heterocycles. The summed E-state index contributed by atoms with van der Waals surface area (Å²) in [7, 11) is 0. The summed E-state index contributed by atoms with van der Waals surface area (Å²) in [5.74, 6) is 0.0331. The van der Waals surface area contributed by atoms with Gasteiger partial charge in [0.05, 0.1) is 10.5 Å². The maximum absolute atomic E-state index is 12.1. The Bertz CT molecular complexity index is 487. The van der Waals surface area contributed by atoms with Crippen molar-refractivity contribution >= 4 is 17.3 Å². The zero-order valence-electron chi connectivity index (χ0n) is 12.1. The van der Waals surface area contributed by atoms with Crippen molar-refractivity contribution in [2.75, 3.05) is 18.4 Å². The lowest BCUT2D eigenvalue weighted by Gasteiger charge is -2.12. The van der Waals surface area contributed by atoms with Crippen molar-refractivity contribution in [1.82, 2.24) is 5.32 Å². The van der Waals surface area contributed by atoms with Crippen molar-refractivity contribution in [3.63, 3.8) is 0 Å². The second-order valence-corrected chi connectivity index (χ2v) is 5.02. The van der Waals surface area contributed by atoms with E-state index in [9.17, 15) is 14.9 Å². The van der Waals surface area contributed by atoms with Crippen LogP contribution in [0, 0.1) is 16.0 Å². The molecule has 1 aromatic rings. The number of hydrogen-bond donors (Lipinski definition) is 2. The van der Waals surface area contributed by atoms with Crippen molar-refractivity contribution in [3.8, 4) is 0 Å². The number of carbonyl (C=O) groups excluding carboxylic acids is 1. The van der Waals surface area contributed by atoms with Gasteiger partial charge in [0.2, 0.25) is 0 Å². The normalized spacial score (nSPS) is 10.4. The minimum Gasteiger partial charge on any atom is -0.384 e. The van der Waals surface area contributed by atoms with E-state index in [-0.39, 0.29) is 11.6 Å². The highest BCUT2D eigenvalue weighted by atomic mass is 16.6. The van der Waals surface area contributed by atoms with Gasteiger partial charge >= 0.3 is 0 Å². The zero-order valence-corrected chi connectivity index (χ0v) is 12.1. The molecule has 0 saturated heterocycles. The molecule has 0 spiro atoms. The molecule has 0 aromatic heterocycles. The third kappa shape index (κ3) is 4.53. The molecule has 0 bridgehead atoms. The summed E-state index contributed by atoms with van der Waals surface area (Å²) in [6, 6.07) is 4.29. The van der Waals surface area contributed by atoms with E-state index in [1.807, 2.05) is 20.8 Å². The number of nitrogens with one attached hydrogen (secondary N) is 2. The number of nitro groups is 1. The Morgan fingerprint density at radius 3 is 2.65 bits per heavy atom. The van der Waals surface area contributed by atoms with E-state index >= 15 is 0 Å². The van der Waals surface area contributed by atoms with Gasteiger partial charge in [-0.15, -0.1) is 0 Å². The SMILES string of the molecule is CCCNc1ccc([N+](=O)[O-])cc1C(=O)NCC(C)C. The van der Waals surface area contributed by atoms with Crippen LogP contribution in [0.25, 0.3) is 0 Å². The topological polar surface area (TPSA) is 84.3 Å². The first-order valence-corrected chi connectivity index (χ1v) is 6.76. The van der Waals surface area contributed by atoms with E-state index in [1.54, 1.807) is 6.07 Å². The van der Waals surface area contributed by atoms with Crippen LogP contribution in [0.15, 0.2) is 18.2 Å².